The summed E-state index contributed by atoms with van der Waals surface area (Å²) in [6.07, 6.45) is 8.86. The molecule has 0 aliphatic heterocycles. The summed E-state index contributed by atoms with van der Waals surface area (Å²) in [6, 6.07) is 8.44. The third kappa shape index (κ3) is 5.84. The summed E-state index contributed by atoms with van der Waals surface area (Å²) in [4.78, 5) is 0. The standard InChI is InChI=1S/C19H26N2/c1-6-8-11-17(7-2)14-19(20-5)16(4)21-18-12-9-10-15(3)13-18/h6-13,19-21H,2,4,14H2,1,3,5H3/b8-6-,17-11+. The van der Waals surface area contributed by atoms with Gasteiger partial charge in [0, 0.05) is 11.4 Å². The fourth-order valence-electron chi connectivity index (χ4n) is 2.07. The van der Waals surface area contributed by atoms with Crippen molar-refractivity contribution in [2.45, 2.75) is 26.3 Å². The maximum Gasteiger partial charge on any atom is 0.0505 e. The van der Waals surface area contributed by atoms with Crippen molar-refractivity contribution >= 4 is 5.69 Å². The molecule has 112 valence electrons. The molecule has 0 aliphatic carbocycles. The summed E-state index contributed by atoms with van der Waals surface area (Å²) in [7, 11) is 1.95. The Kier molecular flexibility index (Phi) is 7.27. The molecule has 2 N–H and O–H groups in total. The van der Waals surface area contributed by atoms with E-state index in [1.165, 1.54) is 11.1 Å². The van der Waals surface area contributed by atoms with Gasteiger partial charge in [0.15, 0.2) is 0 Å². The second kappa shape index (κ2) is 8.98. The Morgan fingerprint density at radius 3 is 2.71 bits per heavy atom. The van der Waals surface area contributed by atoms with E-state index in [-0.39, 0.29) is 6.04 Å². The SMILES string of the molecule is C=C/C(=C\C=C/C)CC(NC)C(=C)Nc1cccc(C)c1. The lowest BCUT2D eigenvalue weighted by Gasteiger charge is -2.21. The van der Waals surface area contributed by atoms with Gasteiger partial charge in [-0.15, -0.1) is 0 Å². The molecule has 1 aromatic rings. The van der Waals surface area contributed by atoms with Crippen LogP contribution in [0.25, 0.3) is 0 Å². The molecule has 0 saturated heterocycles. The van der Waals surface area contributed by atoms with Crippen LogP contribution in [0.5, 0.6) is 0 Å². The van der Waals surface area contributed by atoms with Crippen molar-refractivity contribution in [1.29, 1.82) is 0 Å². The van der Waals surface area contributed by atoms with Gasteiger partial charge in [-0.3, -0.25) is 0 Å². The molecule has 2 heteroatoms. The van der Waals surface area contributed by atoms with Gasteiger partial charge in [0.2, 0.25) is 0 Å². The number of hydrogen-bond donors (Lipinski definition) is 2. The lowest BCUT2D eigenvalue weighted by Crippen LogP contribution is -2.30. The van der Waals surface area contributed by atoms with Crippen LogP contribution < -0.4 is 10.6 Å². The van der Waals surface area contributed by atoms with Gasteiger partial charge >= 0.3 is 0 Å². The first-order valence-electron chi connectivity index (χ1n) is 7.24. The Morgan fingerprint density at radius 1 is 1.38 bits per heavy atom. The van der Waals surface area contributed by atoms with Crippen LogP contribution in [-0.4, -0.2) is 13.1 Å². The Labute approximate surface area is 129 Å². The minimum Gasteiger partial charge on any atom is -0.358 e. The predicted molar refractivity (Wildman–Crippen MR) is 94.5 cm³/mol. The van der Waals surface area contributed by atoms with Gasteiger partial charge in [-0.2, -0.15) is 0 Å². The quantitative estimate of drug-likeness (QED) is 0.682. The molecule has 0 aliphatic rings. The van der Waals surface area contributed by atoms with Crippen molar-refractivity contribution in [3.63, 3.8) is 0 Å². The molecule has 21 heavy (non-hydrogen) atoms. The molecule has 0 spiro atoms. The van der Waals surface area contributed by atoms with Crippen molar-refractivity contribution in [2.24, 2.45) is 0 Å². The van der Waals surface area contributed by atoms with Gasteiger partial charge in [-0.1, -0.05) is 49.6 Å². The van der Waals surface area contributed by atoms with Crippen LogP contribution in [0.3, 0.4) is 0 Å². The van der Waals surface area contributed by atoms with Gasteiger partial charge in [0.05, 0.1) is 6.04 Å². The number of benzene rings is 1. The van der Waals surface area contributed by atoms with E-state index in [9.17, 15) is 0 Å². The van der Waals surface area contributed by atoms with E-state index in [1.807, 2.05) is 38.3 Å². The zero-order valence-electron chi connectivity index (χ0n) is 13.3. The fraction of sp³-hybridized carbons (Fsp3) is 0.263. The Morgan fingerprint density at radius 2 is 2.14 bits per heavy atom. The predicted octanol–water partition coefficient (Wildman–Crippen LogP) is 4.59. The molecular formula is C19H26N2. The zero-order valence-corrected chi connectivity index (χ0v) is 13.3. The Bertz CT molecular complexity index is 538. The van der Waals surface area contributed by atoms with E-state index in [0.29, 0.717) is 0 Å². The number of hydrogen-bond acceptors (Lipinski definition) is 2. The van der Waals surface area contributed by atoms with Crippen LogP contribution in [0.2, 0.25) is 0 Å². The number of nitrogens with one attached hydrogen (secondary N) is 2. The summed E-state index contributed by atoms with van der Waals surface area (Å²) in [6.45, 7) is 12.1. The minimum absolute atomic E-state index is 0.153. The fourth-order valence-corrected chi connectivity index (χ4v) is 2.07. The highest BCUT2D eigenvalue weighted by atomic mass is 15.0. The summed E-state index contributed by atoms with van der Waals surface area (Å²) in [5.41, 5.74) is 4.43. The molecule has 0 fully saturated rings. The van der Waals surface area contributed by atoms with Crippen molar-refractivity contribution in [2.75, 3.05) is 12.4 Å². The maximum absolute atomic E-state index is 4.17. The van der Waals surface area contributed by atoms with Gasteiger partial charge in [-0.05, 0) is 50.6 Å². The maximum atomic E-state index is 4.17. The van der Waals surface area contributed by atoms with E-state index in [2.05, 4.69) is 55.0 Å². The summed E-state index contributed by atoms with van der Waals surface area (Å²) < 4.78 is 0. The third-order valence-electron chi connectivity index (χ3n) is 3.30. The van der Waals surface area contributed by atoms with Gasteiger partial charge in [0.1, 0.15) is 0 Å². The monoisotopic (exact) mass is 282 g/mol. The van der Waals surface area contributed by atoms with Gasteiger partial charge in [-0.25, -0.2) is 0 Å². The van der Waals surface area contributed by atoms with Crippen LogP contribution in [0.4, 0.5) is 5.69 Å². The first kappa shape index (κ1) is 17.0. The van der Waals surface area contributed by atoms with Crippen LogP contribution in [0.15, 0.2) is 73.0 Å². The second-order valence-electron chi connectivity index (χ2n) is 5.04. The molecule has 0 heterocycles. The first-order chi connectivity index (χ1) is 10.1. The van der Waals surface area contributed by atoms with Crippen molar-refractivity contribution in [3.8, 4) is 0 Å². The first-order valence-corrected chi connectivity index (χ1v) is 7.24. The summed E-state index contributed by atoms with van der Waals surface area (Å²) in [5, 5.41) is 6.69. The van der Waals surface area contributed by atoms with Gasteiger partial charge < -0.3 is 10.6 Å². The number of rotatable bonds is 8. The van der Waals surface area contributed by atoms with Crippen molar-refractivity contribution in [1.82, 2.24) is 5.32 Å². The Hall–Kier alpha value is -2.06. The second-order valence-corrected chi connectivity index (χ2v) is 5.04. The number of anilines is 1. The highest BCUT2D eigenvalue weighted by Gasteiger charge is 2.11. The topological polar surface area (TPSA) is 24.1 Å². The molecule has 0 amide bonds. The molecule has 1 aromatic carbocycles. The molecule has 0 bridgehead atoms. The molecule has 0 radical (unpaired) electrons. The largest absolute Gasteiger partial charge is 0.358 e. The normalized spacial score (nSPS) is 13.2. The van der Waals surface area contributed by atoms with E-state index < -0.39 is 0 Å². The number of likely N-dealkylation sites (N-methyl/N-ethyl adjacent to an activating group) is 1. The smallest absolute Gasteiger partial charge is 0.0505 e. The highest BCUT2D eigenvalue weighted by molar-refractivity contribution is 5.50. The van der Waals surface area contributed by atoms with Crippen molar-refractivity contribution in [3.05, 3.63) is 78.6 Å². The average molecular weight is 282 g/mol. The molecular weight excluding hydrogens is 256 g/mol. The van der Waals surface area contributed by atoms with Crippen LogP contribution >= 0.6 is 0 Å². The summed E-state index contributed by atoms with van der Waals surface area (Å²) in [5.74, 6) is 0. The van der Waals surface area contributed by atoms with Crippen molar-refractivity contribution < 1.29 is 0 Å². The van der Waals surface area contributed by atoms with E-state index in [1.54, 1.807) is 0 Å². The zero-order chi connectivity index (χ0) is 15.7. The van der Waals surface area contributed by atoms with E-state index in [4.69, 9.17) is 0 Å². The molecule has 2 nitrogen and oxygen atoms in total. The molecule has 0 aromatic heterocycles. The lowest BCUT2D eigenvalue weighted by atomic mass is 10.0. The minimum atomic E-state index is 0.153. The third-order valence-corrected chi connectivity index (χ3v) is 3.30. The average Bonchev–Trinajstić information content (AvgIpc) is 2.47. The molecule has 1 atom stereocenters. The van der Waals surface area contributed by atoms with E-state index >= 15 is 0 Å². The molecule has 1 unspecified atom stereocenters. The van der Waals surface area contributed by atoms with Crippen LogP contribution in [0, 0.1) is 6.92 Å². The van der Waals surface area contributed by atoms with Crippen LogP contribution in [-0.2, 0) is 0 Å². The van der Waals surface area contributed by atoms with Crippen LogP contribution in [0.1, 0.15) is 18.9 Å². The number of aryl methyl sites for hydroxylation is 1. The van der Waals surface area contributed by atoms with E-state index in [0.717, 1.165) is 17.8 Å². The Balaban J connectivity index is 2.75. The molecule has 1 rings (SSSR count). The number of allylic oxidation sites excluding steroid dienone is 4. The van der Waals surface area contributed by atoms with Gasteiger partial charge in [0.25, 0.3) is 0 Å². The highest BCUT2D eigenvalue weighted by Crippen LogP contribution is 2.17. The molecule has 0 saturated carbocycles. The lowest BCUT2D eigenvalue weighted by molar-refractivity contribution is 0.639. The summed E-state index contributed by atoms with van der Waals surface area (Å²) >= 11 is 0.